The third-order valence-corrected chi connectivity index (χ3v) is 8.03. The normalized spacial score (nSPS) is 10.9. The minimum atomic E-state index is -0.260. The van der Waals surface area contributed by atoms with Crippen molar-refractivity contribution in [2.45, 2.75) is 20.8 Å². The fourth-order valence-corrected chi connectivity index (χ4v) is 7.08. The number of ketones is 1. The number of esters is 1. The first kappa shape index (κ1) is 16.2. The number of hydrogen-bond acceptors (Lipinski definition) is 4. The second kappa shape index (κ2) is 6.44. The Morgan fingerprint density at radius 3 is 2.43 bits per heavy atom. The van der Waals surface area contributed by atoms with Crippen molar-refractivity contribution in [2.75, 3.05) is 6.61 Å². The van der Waals surface area contributed by atoms with Gasteiger partial charge in [0.2, 0.25) is 0 Å². The van der Waals surface area contributed by atoms with E-state index in [1.165, 1.54) is 11.3 Å². The zero-order valence-corrected chi connectivity index (χ0v) is 15.7. The van der Waals surface area contributed by atoms with Crippen molar-refractivity contribution < 1.29 is 14.3 Å². The Bertz CT molecular complexity index is 890. The second-order valence-corrected chi connectivity index (χ2v) is 8.94. The molecule has 118 valence electrons. The molecule has 0 aliphatic heterocycles. The number of rotatable bonds is 4. The number of aryl methyl sites for hydroxylation is 2. The molecule has 3 nitrogen and oxygen atoms in total. The molecule has 0 aliphatic carbocycles. The third kappa shape index (κ3) is 2.80. The summed E-state index contributed by atoms with van der Waals surface area (Å²) >= 11 is 1.43. The molecule has 3 rings (SSSR count). The van der Waals surface area contributed by atoms with E-state index in [1.54, 1.807) is 6.92 Å². The van der Waals surface area contributed by atoms with Crippen LogP contribution in [0.4, 0.5) is 0 Å². The molecule has 0 bridgehead atoms. The van der Waals surface area contributed by atoms with Crippen LogP contribution in [0.15, 0.2) is 30.3 Å². The third-order valence-electron chi connectivity index (χ3n) is 3.73. The molecule has 0 amide bonds. The van der Waals surface area contributed by atoms with Gasteiger partial charge < -0.3 is 0 Å². The van der Waals surface area contributed by atoms with Crippen molar-refractivity contribution in [3.05, 3.63) is 56.3 Å². The van der Waals surface area contributed by atoms with Crippen molar-refractivity contribution in [2.24, 2.45) is 0 Å². The molecule has 0 spiro atoms. The molecular formula is C18H16O3SSe. The minimum absolute atomic E-state index is 0.0491. The molecule has 23 heavy (non-hydrogen) atoms. The Balaban J connectivity index is 2.07. The monoisotopic (exact) mass is 392 g/mol. The quantitative estimate of drug-likeness (QED) is 0.384. The Morgan fingerprint density at radius 1 is 1.13 bits per heavy atom. The van der Waals surface area contributed by atoms with Gasteiger partial charge in [0, 0.05) is 0 Å². The molecular weight excluding hydrogens is 375 g/mol. The summed E-state index contributed by atoms with van der Waals surface area (Å²) in [6, 6.07) is 9.37. The van der Waals surface area contributed by atoms with E-state index in [0.29, 0.717) is 11.5 Å². The van der Waals surface area contributed by atoms with E-state index in [4.69, 9.17) is 4.74 Å². The molecule has 0 N–H and O–H groups in total. The number of carbonyl (C=O) groups is 2. The molecule has 5 heteroatoms. The van der Waals surface area contributed by atoms with Gasteiger partial charge in [0.05, 0.1) is 0 Å². The van der Waals surface area contributed by atoms with E-state index in [2.05, 4.69) is 0 Å². The first-order valence-corrected chi connectivity index (χ1v) is 9.86. The number of ether oxygens (including phenoxy) is 1. The summed E-state index contributed by atoms with van der Waals surface area (Å²) in [5, 5.41) is 1.08. The molecule has 0 saturated heterocycles. The first-order valence-electron chi connectivity index (χ1n) is 7.34. The predicted molar refractivity (Wildman–Crippen MR) is 94.1 cm³/mol. The van der Waals surface area contributed by atoms with Gasteiger partial charge in [0.15, 0.2) is 0 Å². The summed E-state index contributed by atoms with van der Waals surface area (Å²) in [6.45, 7) is 6.11. The van der Waals surface area contributed by atoms with Crippen molar-refractivity contribution in [3.63, 3.8) is 0 Å². The zero-order valence-electron chi connectivity index (χ0n) is 13.1. The SMILES string of the molecule is CCOC(=O)c1sc2[se]c(C(=O)c3ccccc3)c(C)c2c1C. The molecule has 0 radical (unpaired) electrons. The van der Waals surface area contributed by atoms with Crippen LogP contribution in [0.5, 0.6) is 0 Å². The summed E-state index contributed by atoms with van der Waals surface area (Å²) in [6.07, 6.45) is 0. The maximum absolute atomic E-state index is 12.7. The molecule has 0 fully saturated rings. The van der Waals surface area contributed by atoms with E-state index in [-0.39, 0.29) is 26.3 Å². The molecule has 2 heterocycles. The van der Waals surface area contributed by atoms with Crippen molar-refractivity contribution in [3.8, 4) is 0 Å². The van der Waals surface area contributed by atoms with Crippen LogP contribution in [0.25, 0.3) is 8.96 Å². The average Bonchev–Trinajstić information content (AvgIpc) is 3.05. The van der Waals surface area contributed by atoms with Gasteiger partial charge >= 0.3 is 145 Å². The topological polar surface area (TPSA) is 43.4 Å². The Hall–Kier alpha value is -1.68. The van der Waals surface area contributed by atoms with E-state index in [1.807, 2.05) is 44.2 Å². The number of hydrogen-bond donors (Lipinski definition) is 0. The molecule has 0 saturated carbocycles. The maximum atomic E-state index is 12.7. The van der Waals surface area contributed by atoms with E-state index < -0.39 is 0 Å². The molecule has 2 aromatic heterocycles. The summed E-state index contributed by atoms with van der Waals surface area (Å²) in [4.78, 5) is 25.4. The summed E-state index contributed by atoms with van der Waals surface area (Å²) < 4.78 is 7.16. The molecule has 0 atom stereocenters. The number of fused-ring (bicyclic) bond motifs is 1. The second-order valence-electron chi connectivity index (χ2n) is 5.19. The summed E-state index contributed by atoms with van der Waals surface area (Å²) in [7, 11) is 0. The van der Waals surface area contributed by atoms with Crippen LogP contribution in [0.2, 0.25) is 0 Å². The van der Waals surface area contributed by atoms with Gasteiger partial charge in [0.1, 0.15) is 0 Å². The number of benzene rings is 1. The Morgan fingerprint density at radius 2 is 1.83 bits per heavy atom. The van der Waals surface area contributed by atoms with Crippen LogP contribution >= 0.6 is 11.3 Å². The van der Waals surface area contributed by atoms with Gasteiger partial charge in [-0.05, 0) is 0 Å². The predicted octanol–water partition coefficient (Wildman–Crippen LogP) is 3.98. The van der Waals surface area contributed by atoms with Crippen molar-refractivity contribution >= 4 is 46.6 Å². The number of carbonyl (C=O) groups excluding carboxylic acids is 2. The molecule has 0 unspecified atom stereocenters. The van der Waals surface area contributed by atoms with Crippen molar-refractivity contribution in [1.82, 2.24) is 0 Å². The van der Waals surface area contributed by atoms with Crippen LogP contribution in [-0.2, 0) is 4.74 Å². The molecule has 3 aromatic rings. The standard InChI is InChI=1S/C18H16O3SSe/c1-4-21-17(20)15-10(2)13-11(3)16(23-18(13)22-15)14(19)12-8-6-5-7-9-12/h5-9H,4H2,1-3H3. The van der Waals surface area contributed by atoms with Gasteiger partial charge in [-0.1, -0.05) is 0 Å². The van der Waals surface area contributed by atoms with Gasteiger partial charge in [-0.15, -0.1) is 0 Å². The Kier molecular flexibility index (Phi) is 4.53. The fourth-order valence-electron chi connectivity index (χ4n) is 2.60. The van der Waals surface area contributed by atoms with Crippen LogP contribution < -0.4 is 0 Å². The van der Waals surface area contributed by atoms with Gasteiger partial charge in [0.25, 0.3) is 0 Å². The molecule has 0 aliphatic rings. The van der Waals surface area contributed by atoms with Crippen LogP contribution in [0, 0.1) is 13.8 Å². The van der Waals surface area contributed by atoms with E-state index >= 15 is 0 Å². The van der Waals surface area contributed by atoms with Crippen molar-refractivity contribution in [1.29, 1.82) is 0 Å². The van der Waals surface area contributed by atoms with Gasteiger partial charge in [-0.3, -0.25) is 0 Å². The average molecular weight is 391 g/mol. The fraction of sp³-hybridized carbons (Fsp3) is 0.222. The van der Waals surface area contributed by atoms with Crippen LogP contribution in [0.1, 0.15) is 42.5 Å². The van der Waals surface area contributed by atoms with E-state index in [0.717, 1.165) is 30.1 Å². The number of thiophene rings is 1. The van der Waals surface area contributed by atoms with E-state index in [9.17, 15) is 9.59 Å². The van der Waals surface area contributed by atoms with Gasteiger partial charge in [-0.2, -0.15) is 0 Å². The molecule has 1 aromatic carbocycles. The van der Waals surface area contributed by atoms with Crippen LogP contribution in [0.3, 0.4) is 0 Å². The summed E-state index contributed by atoms with van der Waals surface area (Å²) in [5.74, 6) is -0.160. The summed E-state index contributed by atoms with van der Waals surface area (Å²) in [5.41, 5.74) is 2.68. The van der Waals surface area contributed by atoms with Crippen LogP contribution in [-0.4, -0.2) is 32.9 Å². The Labute approximate surface area is 144 Å². The zero-order chi connectivity index (χ0) is 16.6. The van der Waals surface area contributed by atoms with Gasteiger partial charge in [-0.25, -0.2) is 0 Å². The first-order chi connectivity index (χ1) is 11.0.